The first kappa shape index (κ1) is 14.4. The molecule has 0 saturated heterocycles. The number of benzene rings is 1. The maximum atomic E-state index is 4.24. The molecule has 0 radical (unpaired) electrons. The van der Waals surface area contributed by atoms with Gasteiger partial charge in [-0.1, -0.05) is 44.2 Å². The van der Waals surface area contributed by atoms with Crippen LogP contribution in [0.5, 0.6) is 0 Å². The summed E-state index contributed by atoms with van der Waals surface area (Å²) in [4.78, 5) is 6.35. The monoisotopic (exact) mass is 269 g/mol. The summed E-state index contributed by atoms with van der Waals surface area (Å²) in [5.41, 5.74) is 3.53. The molecule has 3 heteroatoms. The highest BCUT2D eigenvalue weighted by atomic mass is 15.1. The van der Waals surface area contributed by atoms with E-state index < -0.39 is 0 Å². The fraction of sp³-hybridized carbons (Fsp3) is 0.353. The van der Waals surface area contributed by atoms with Gasteiger partial charge in [0.25, 0.3) is 0 Å². The van der Waals surface area contributed by atoms with Gasteiger partial charge in [-0.25, -0.2) is 0 Å². The van der Waals surface area contributed by atoms with Gasteiger partial charge in [0.1, 0.15) is 0 Å². The highest BCUT2D eigenvalue weighted by Gasteiger charge is 2.17. The molecule has 0 spiro atoms. The smallest absolute Gasteiger partial charge is 0.0769 e. The molecular formula is C17H23N3. The standard InChI is InChI=1S/C17H23N3/c1-13(2)17(14-8-6-5-7-9-14)19-15-12-18-11-10-16(15)20(3)4/h5-13,17,19H,1-4H3. The summed E-state index contributed by atoms with van der Waals surface area (Å²) in [6.45, 7) is 4.47. The minimum atomic E-state index is 0.277. The van der Waals surface area contributed by atoms with Crippen LogP contribution in [-0.4, -0.2) is 19.1 Å². The van der Waals surface area contributed by atoms with E-state index in [1.165, 1.54) is 5.56 Å². The molecule has 1 unspecified atom stereocenters. The Labute approximate surface area is 121 Å². The quantitative estimate of drug-likeness (QED) is 0.890. The zero-order valence-corrected chi connectivity index (χ0v) is 12.7. The fourth-order valence-electron chi connectivity index (χ4n) is 2.35. The SMILES string of the molecule is CC(C)C(Nc1cnccc1N(C)C)c1ccccc1. The molecule has 0 saturated carbocycles. The molecule has 3 nitrogen and oxygen atoms in total. The number of nitrogens with zero attached hydrogens (tertiary/aromatic N) is 2. The number of nitrogens with one attached hydrogen (secondary N) is 1. The normalized spacial score (nSPS) is 12.2. The highest BCUT2D eigenvalue weighted by Crippen LogP contribution is 2.30. The van der Waals surface area contributed by atoms with Gasteiger partial charge in [0.15, 0.2) is 0 Å². The molecule has 1 heterocycles. The van der Waals surface area contributed by atoms with Crippen molar-refractivity contribution in [1.82, 2.24) is 4.98 Å². The second-order valence-corrected chi connectivity index (χ2v) is 5.56. The first-order chi connectivity index (χ1) is 9.59. The number of hydrogen-bond acceptors (Lipinski definition) is 3. The Balaban J connectivity index is 2.30. The summed E-state index contributed by atoms with van der Waals surface area (Å²) in [5.74, 6) is 0.493. The van der Waals surface area contributed by atoms with Crippen molar-refractivity contribution in [2.75, 3.05) is 24.3 Å². The van der Waals surface area contributed by atoms with Gasteiger partial charge in [-0.15, -0.1) is 0 Å². The first-order valence-electron chi connectivity index (χ1n) is 7.02. The second kappa shape index (κ2) is 6.42. The maximum Gasteiger partial charge on any atom is 0.0769 e. The van der Waals surface area contributed by atoms with Crippen LogP contribution in [0.15, 0.2) is 48.8 Å². The van der Waals surface area contributed by atoms with E-state index in [0.717, 1.165) is 11.4 Å². The summed E-state index contributed by atoms with van der Waals surface area (Å²) in [6.07, 6.45) is 3.72. The van der Waals surface area contributed by atoms with E-state index >= 15 is 0 Å². The Morgan fingerprint density at radius 1 is 1.05 bits per heavy atom. The molecule has 1 aromatic heterocycles. The Morgan fingerprint density at radius 3 is 2.35 bits per heavy atom. The van der Waals surface area contributed by atoms with Gasteiger partial charge >= 0.3 is 0 Å². The third-order valence-electron chi connectivity index (χ3n) is 3.42. The predicted octanol–water partition coefficient (Wildman–Crippen LogP) is 3.96. The molecule has 0 bridgehead atoms. The Bertz CT molecular complexity index is 535. The minimum absolute atomic E-state index is 0.277. The van der Waals surface area contributed by atoms with Crippen molar-refractivity contribution in [3.8, 4) is 0 Å². The number of anilines is 2. The number of aromatic nitrogens is 1. The van der Waals surface area contributed by atoms with Crippen LogP contribution in [0.4, 0.5) is 11.4 Å². The van der Waals surface area contributed by atoms with Gasteiger partial charge in [0, 0.05) is 20.3 Å². The molecular weight excluding hydrogens is 246 g/mol. The summed E-state index contributed by atoms with van der Waals surface area (Å²) in [6, 6.07) is 12.9. The van der Waals surface area contributed by atoms with Crippen LogP contribution >= 0.6 is 0 Å². The maximum absolute atomic E-state index is 4.24. The van der Waals surface area contributed by atoms with Crippen LogP contribution in [-0.2, 0) is 0 Å². The largest absolute Gasteiger partial charge is 0.376 e. The lowest BCUT2D eigenvalue weighted by atomic mass is 9.96. The van der Waals surface area contributed by atoms with Crippen LogP contribution in [0.1, 0.15) is 25.5 Å². The average molecular weight is 269 g/mol. The average Bonchev–Trinajstić information content (AvgIpc) is 2.45. The van der Waals surface area contributed by atoms with Gasteiger partial charge in [0.05, 0.1) is 23.6 Å². The van der Waals surface area contributed by atoms with Crippen molar-refractivity contribution in [2.45, 2.75) is 19.9 Å². The Morgan fingerprint density at radius 2 is 1.75 bits per heavy atom. The fourth-order valence-corrected chi connectivity index (χ4v) is 2.35. The molecule has 2 rings (SSSR count). The van der Waals surface area contributed by atoms with Gasteiger partial charge in [0.2, 0.25) is 0 Å². The Hall–Kier alpha value is -2.03. The molecule has 2 aromatic rings. The highest BCUT2D eigenvalue weighted by molar-refractivity contribution is 5.68. The van der Waals surface area contributed by atoms with E-state index in [1.54, 1.807) is 0 Å². The number of hydrogen-bond donors (Lipinski definition) is 1. The summed E-state index contributed by atoms with van der Waals surface area (Å²) in [5, 5.41) is 3.64. The van der Waals surface area contributed by atoms with Crippen LogP contribution in [0.25, 0.3) is 0 Å². The van der Waals surface area contributed by atoms with Crippen molar-refractivity contribution in [3.63, 3.8) is 0 Å². The number of rotatable bonds is 5. The Kier molecular flexibility index (Phi) is 4.61. The van der Waals surface area contributed by atoms with Gasteiger partial charge in [-0.05, 0) is 17.5 Å². The lowest BCUT2D eigenvalue weighted by Gasteiger charge is -2.26. The molecule has 1 N–H and O–H groups in total. The predicted molar refractivity (Wildman–Crippen MR) is 86.2 cm³/mol. The third-order valence-corrected chi connectivity index (χ3v) is 3.42. The third kappa shape index (κ3) is 3.29. The van der Waals surface area contributed by atoms with E-state index in [9.17, 15) is 0 Å². The van der Waals surface area contributed by atoms with Crippen LogP contribution < -0.4 is 10.2 Å². The van der Waals surface area contributed by atoms with Crippen molar-refractivity contribution < 1.29 is 0 Å². The van der Waals surface area contributed by atoms with Crippen LogP contribution in [0, 0.1) is 5.92 Å². The molecule has 0 aliphatic rings. The number of pyridine rings is 1. The van der Waals surface area contributed by atoms with Crippen molar-refractivity contribution in [1.29, 1.82) is 0 Å². The first-order valence-corrected chi connectivity index (χ1v) is 7.02. The van der Waals surface area contributed by atoms with Gasteiger partial charge in [-0.2, -0.15) is 0 Å². The van der Waals surface area contributed by atoms with E-state index in [0.29, 0.717) is 5.92 Å². The lowest BCUT2D eigenvalue weighted by molar-refractivity contribution is 0.546. The topological polar surface area (TPSA) is 28.2 Å². The minimum Gasteiger partial charge on any atom is -0.376 e. The van der Waals surface area contributed by atoms with Crippen LogP contribution in [0.2, 0.25) is 0 Å². The molecule has 106 valence electrons. The van der Waals surface area contributed by atoms with E-state index in [1.807, 2.05) is 32.6 Å². The van der Waals surface area contributed by atoms with Gasteiger partial charge in [-0.3, -0.25) is 4.98 Å². The van der Waals surface area contributed by atoms with E-state index in [4.69, 9.17) is 0 Å². The lowest BCUT2D eigenvalue weighted by Crippen LogP contribution is -2.19. The second-order valence-electron chi connectivity index (χ2n) is 5.56. The van der Waals surface area contributed by atoms with Gasteiger partial charge < -0.3 is 10.2 Å². The van der Waals surface area contributed by atoms with Crippen molar-refractivity contribution >= 4 is 11.4 Å². The zero-order chi connectivity index (χ0) is 14.5. The van der Waals surface area contributed by atoms with Crippen LogP contribution in [0.3, 0.4) is 0 Å². The van der Waals surface area contributed by atoms with Crippen molar-refractivity contribution in [2.24, 2.45) is 5.92 Å². The molecule has 0 aliphatic heterocycles. The molecule has 0 fully saturated rings. The van der Waals surface area contributed by atoms with E-state index in [2.05, 4.69) is 59.4 Å². The molecule has 1 aromatic carbocycles. The zero-order valence-electron chi connectivity index (χ0n) is 12.7. The summed E-state index contributed by atoms with van der Waals surface area (Å²) >= 11 is 0. The van der Waals surface area contributed by atoms with E-state index in [-0.39, 0.29) is 6.04 Å². The summed E-state index contributed by atoms with van der Waals surface area (Å²) in [7, 11) is 4.10. The summed E-state index contributed by atoms with van der Waals surface area (Å²) < 4.78 is 0. The molecule has 20 heavy (non-hydrogen) atoms. The molecule has 0 amide bonds. The molecule has 1 atom stereocenters. The van der Waals surface area contributed by atoms with Crippen molar-refractivity contribution in [3.05, 3.63) is 54.4 Å². The molecule has 0 aliphatic carbocycles.